The fourth-order valence-electron chi connectivity index (χ4n) is 3.16. The number of carbonyl (C=O) groups is 1. The highest BCUT2D eigenvalue weighted by molar-refractivity contribution is 5.81. The molecule has 4 nitrogen and oxygen atoms in total. The predicted molar refractivity (Wildman–Crippen MR) is 84.3 cm³/mol. The fraction of sp³-hybridized carbons (Fsp3) is 0.588. The third kappa shape index (κ3) is 3.21. The molecule has 116 valence electrons. The molecule has 2 rings (SSSR count). The number of aryl methyl sites for hydroxylation is 1. The molecule has 1 heterocycles. The first kappa shape index (κ1) is 15.8. The van der Waals surface area contributed by atoms with Crippen LogP contribution in [-0.2, 0) is 4.79 Å². The number of carbonyl (C=O) groups excluding carboxylic acids is 1. The SMILES string of the molecule is CCCC(CC)N1C(=O)CNC1c1ccc(OC)c(C)c1. The van der Waals surface area contributed by atoms with Gasteiger partial charge in [-0.15, -0.1) is 0 Å². The molecule has 0 saturated carbocycles. The number of hydrogen-bond donors (Lipinski definition) is 1. The summed E-state index contributed by atoms with van der Waals surface area (Å²) in [5.74, 6) is 1.09. The van der Waals surface area contributed by atoms with E-state index in [0.717, 1.165) is 36.1 Å². The minimum Gasteiger partial charge on any atom is -0.496 e. The molecular weight excluding hydrogens is 264 g/mol. The number of benzene rings is 1. The highest BCUT2D eigenvalue weighted by Gasteiger charge is 2.35. The smallest absolute Gasteiger partial charge is 0.238 e. The summed E-state index contributed by atoms with van der Waals surface area (Å²) in [4.78, 5) is 14.3. The second-order valence-electron chi connectivity index (χ2n) is 5.66. The lowest BCUT2D eigenvalue weighted by molar-refractivity contribution is -0.130. The number of hydrogen-bond acceptors (Lipinski definition) is 3. The first-order chi connectivity index (χ1) is 10.1. The zero-order valence-electron chi connectivity index (χ0n) is 13.5. The van der Waals surface area contributed by atoms with Crippen molar-refractivity contribution in [2.24, 2.45) is 0 Å². The van der Waals surface area contributed by atoms with Crippen LogP contribution < -0.4 is 10.1 Å². The van der Waals surface area contributed by atoms with Crippen LogP contribution in [0.1, 0.15) is 50.4 Å². The molecule has 4 heteroatoms. The van der Waals surface area contributed by atoms with Gasteiger partial charge in [0.25, 0.3) is 0 Å². The van der Waals surface area contributed by atoms with Gasteiger partial charge in [-0.1, -0.05) is 26.3 Å². The Kier molecular flexibility index (Phi) is 5.23. The zero-order chi connectivity index (χ0) is 15.4. The molecule has 2 atom stereocenters. The van der Waals surface area contributed by atoms with E-state index in [1.807, 2.05) is 24.0 Å². The predicted octanol–water partition coefficient (Wildman–Crippen LogP) is 3.01. The van der Waals surface area contributed by atoms with Crippen molar-refractivity contribution in [1.29, 1.82) is 0 Å². The summed E-state index contributed by atoms with van der Waals surface area (Å²) in [6.07, 6.45) is 3.12. The monoisotopic (exact) mass is 290 g/mol. The Morgan fingerprint density at radius 1 is 1.43 bits per heavy atom. The van der Waals surface area contributed by atoms with Gasteiger partial charge >= 0.3 is 0 Å². The minimum atomic E-state index is -0.0152. The maximum absolute atomic E-state index is 12.3. The molecule has 2 unspecified atom stereocenters. The van der Waals surface area contributed by atoms with Crippen LogP contribution in [0.5, 0.6) is 5.75 Å². The van der Waals surface area contributed by atoms with Gasteiger partial charge in [-0.25, -0.2) is 0 Å². The van der Waals surface area contributed by atoms with Gasteiger partial charge in [0.05, 0.1) is 13.7 Å². The van der Waals surface area contributed by atoms with Crippen molar-refractivity contribution in [3.05, 3.63) is 29.3 Å². The van der Waals surface area contributed by atoms with Gasteiger partial charge in [0, 0.05) is 6.04 Å². The fourth-order valence-corrected chi connectivity index (χ4v) is 3.16. The number of methoxy groups -OCH3 is 1. The lowest BCUT2D eigenvalue weighted by Crippen LogP contribution is -2.39. The van der Waals surface area contributed by atoms with Crippen LogP contribution in [0.2, 0.25) is 0 Å². The van der Waals surface area contributed by atoms with Gasteiger partial charge in [-0.05, 0) is 43.0 Å². The van der Waals surface area contributed by atoms with E-state index in [1.54, 1.807) is 7.11 Å². The van der Waals surface area contributed by atoms with Crippen LogP contribution >= 0.6 is 0 Å². The highest BCUT2D eigenvalue weighted by atomic mass is 16.5. The average Bonchev–Trinajstić information content (AvgIpc) is 2.86. The molecule has 1 amide bonds. The van der Waals surface area contributed by atoms with E-state index in [-0.39, 0.29) is 12.1 Å². The van der Waals surface area contributed by atoms with Crippen LogP contribution in [0.4, 0.5) is 0 Å². The first-order valence-corrected chi connectivity index (χ1v) is 7.81. The third-order valence-corrected chi connectivity index (χ3v) is 4.23. The van der Waals surface area contributed by atoms with Crippen molar-refractivity contribution in [2.75, 3.05) is 13.7 Å². The number of nitrogens with zero attached hydrogens (tertiary/aromatic N) is 1. The number of amides is 1. The third-order valence-electron chi connectivity index (χ3n) is 4.23. The molecule has 1 saturated heterocycles. The van der Waals surface area contributed by atoms with Crippen LogP contribution in [0.3, 0.4) is 0 Å². The number of ether oxygens (including phenoxy) is 1. The summed E-state index contributed by atoms with van der Waals surface area (Å²) in [7, 11) is 1.68. The molecule has 1 aliphatic heterocycles. The second-order valence-corrected chi connectivity index (χ2v) is 5.66. The Balaban J connectivity index is 2.28. The van der Waals surface area contributed by atoms with E-state index in [9.17, 15) is 4.79 Å². The average molecular weight is 290 g/mol. The maximum atomic E-state index is 12.3. The second kappa shape index (κ2) is 6.94. The summed E-state index contributed by atoms with van der Waals surface area (Å²) in [5, 5.41) is 3.35. The molecule has 0 aromatic heterocycles. The van der Waals surface area contributed by atoms with Gasteiger partial charge in [0.15, 0.2) is 0 Å². The Hall–Kier alpha value is -1.55. The first-order valence-electron chi connectivity index (χ1n) is 7.81. The largest absolute Gasteiger partial charge is 0.496 e. The molecule has 1 aromatic rings. The van der Waals surface area contributed by atoms with Crippen molar-refractivity contribution in [2.45, 2.75) is 52.2 Å². The summed E-state index contributed by atoms with van der Waals surface area (Å²) < 4.78 is 5.32. The Morgan fingerprint density at radius 3 is 2.76 bits per heavy atom. The van der Waals surface area contributed by atoms with Crippen LogP contribution in [0.25, 0.3) is 0 Å². The molecule has 1 aromatic carbocycles. The standard InChI is InChI=1S/C17H26N2O2/c1-5-7-14(6-2)19-16(20)11-18-17(19)13-8-9-15(21-4)12(3)10-13/h8-10,14,17-18H,5-7,11H2,1-4H3. The van der Waals surface area contributed by atoms with Crippen molar-refractivity contribution in [1.82, 2.24) is 10.2 Å². The van der Waals surface area contributed by atoms with E-state index < -0.39 is 0 Å². The summed E-state index contributed by atoms with van der Waals surface area (Å²) in [6.45, 7) is 6.79. The van der Waals surface area contributed by atoms with Crippen molar-refractivity contribution in [3.8, 4) is 5.75 Å². The number of nitrogens with one attached hydrogen (secondary N) is 1. The lowest BCUT2D eigenvalue weighted by Gasteiger charge is -2.32. The summed E-state index contributed by atoms with van der Waals surface area (Å²) >= 11 is 0. The van der Waals surface area contributed by atoms with Gasteiger partial charge in [-0.2, -0.15) is 0 Å². The molecule has 1 aliphatic rings. The van der Waals surface area contributed by atoms with E-state index in [2.05, 4.69) is 25.2 Å². The van der Waals surface area contributed by atoms with Crippen LogP contribution in [-0.4, -0.2) is 30.5 Å². The Morgan fingerprint density at radius 2 is 2.19 bits per heavy atom. The van der Waals surface area contributed by atoms with Crippen LogP contribution in [0.15, 0.2) is 18.2 Å². The van der Waals surface area contributed by atoms with Crippen LogP contribution in [0, 0.1) is 6.92 Å². The summed E-state index contributed by atoms with van der Waals surface area (Å²) in [6, 6.07) is 6.45. The lowest BCUT2D eigenvalue weighted by atomic mass is 10.0. The molecule has 0 spiro atoms. The molecule has 0 aliphatic carbocycles. The molecule has 0 radical (unpaired) electrons. The van der Waals surface area contributed by atoms with E-state index >= 15 is 0 Å². The molecule has 21 heavy (non-hydrogen) atoms. The Bertz CT molecular complexity index is 502. The Labute approximate surface area is 127 Å². The minimum absolute atomic E-state index is 0.0152. The van der Waals surface area contributed by atoms with E-state index in [4.69, 9.17) is 4.74 Å². The van der Waals surface area contributed by atoms with Crippen molar-refractivity contribution in [3.63, 3.8) is 0 Å². The van der Waals surface area contributed by atoms with Crippen molar-refractivity contribution < 1.29 is 9.53 Å². The normalized spacial score (nSPS) is 19.9. The number of rotatable bonds is 6. The van der Waals surface area contributed by atoms with E-state index in [0.29, 0.717) is 12.6 Å². The van der Waals surface area contributed by atoms with Gasteiger partial charge in [-0.3, -0.25) is 10.1 Å². The quantitative estimate of drug-likeness (QED) is 0.875. The highest BCUT2D eigenvalue weighted by Crippen LogP contribution is 2.30. The molecule has 1 fully saturated rings. The zero-order valence-corrected chi connectivity index (χ0v) is 13.5. The molecular formula is C17H26N2O2. The van der Waals surface area contributed by atoms with Gasteiger partial charge < -0.3 is 9.64 Å². The van der Waals surface area contributed by atoms with Gasteiger partial charge in [0.2, 0.25) is 5.91 Å². The molecule has 1 N–H and O–H groups in total. The molecule has 0 bridgehead atoms. The summed E-state index contributed by atoms with van der Waals surface area (Å²) in [5.41, 5.74) is 2.23. The maximum Gasteiger partial charge on any atom is 0.238 e. The van der Waals surface area contributed by atoms with E-state index in [1.165, 1.54) is 0 Å². The topological polar surface area (TPSA) is 41.6 Å². The van der Waals surface area contributed by atoms with Crippen molar-refractivity contribution >= 4 is 5.91 Å². The van der Waals surface area contributed by atoms with Gasteiger partial charge in [0.1, 0.15) is 11.9 Å².